The van der Waals surface area contributed by atoms with Gasteiger partial charge in [-0.1, -0.05) is 207 Å². The molecule has 0 bridgehead atoms. The number of hydrogen-bond donors (Lipinski definition) is 0. The van der Waals surface area contributed by atoms with Crippen molar-refractivity contribution >= 4 is 0 Å². The molecular formula is C34H68. The van der Waals surface area contributed by atoms with Crippen LogP contribution in [0.25, 0.3) is 0 Å². The van der Waals surface area contributed by atoms with Gasteiger partial charge in [-0.2, -0.15) is 0 Å². The highest BCUT2D eigenvalue weighted by molar-refractivity contribution is 4.72. The van der Waals surface area contributed by atoms with Gasteiger partial charge in [-0.15, -0.1) is 0 Å². The molecule has 0 rings (SSSR count). The van der Waals surface area contributed by atoms with Gasteiger partial charge >= 0.3 is 0 Å². The smallest absolute Gasteiger partial charge is 0.0386 e. The fourth-order valence-electron chi connectivity index (χ4n) is 5.83. The zero-order valence-electron chi connectivity index (χ0n) is 24.4. The highest BCUT2D eigenvalue weighted by Gasteiger charge is 2.20. The van der Waals surface area contributed by atoms with Crippen molar-refractivity contribution in [2.45, 2.75) is 194 Å². The van der Waals surface area contributed by atoms with Crippen LogP contribution in [0.5, 0.6) is 0 Å². The molecule has 0 aliphatic heterocycles. The van der Waals surface area contributed by atoms with Crippen LogP contribution in [-0.4, -0.2) is 0 Å². The lowest BCUT2D eigenvalue weighted by Crippen LogP contribution is -2.16. The van der Waals surface area contributed by atoms with Gasteiger partial charge in [0.25, 0.3) is 0 Å². The lowest BCUT2D eigenvalue weighted by atomic mass is 9.78. The van der Waals surface area contributed by atoms with E-state index in [9.17, 15) is 0 Å². The van der Waals surface area contributed by atoms with Crippen molar-refractivity contribution in [2.24, 2.45) is 11.8 Å². The number of rotatable bonds is 29. The van der Waals surface area contributed by atoms with E-state index in [1.807, 2.05) is 0 Å². The molecule has 2 radical (unpaired) electrons. The molecule has 0 fully saturated rings. The van der Waals surface area contributed by atoms with Crippen LogP contribution in [0.4, 0.5) is 0 Å². The van der Waals surface area contributed by atoms with E-state index < -0.39 is 0 Å². The maximum atomic E-state index is 4.04. The quantitative estimate of drug-likeness (QED) is 0.0941. The highest BCUT2D eigenvalue weighted by atomic mass is 14.3. The van der Waals surface area contributed by atoms with Crippen molar-refractivity contribution in [1.82, 2.24) is 0 Å². The Labute approximate surface area is 219 Å². The monoisotopic (exact) mass is 477 g/mol. The van der Waals surface area contributed by atoms with Crippen molar-refractivity contribution in [1.29, 1.82) is 0 Å². The normalized spacial score (nSPS) is 13.4. The van der Waals surface area contributed by atoms with Gasteiger partial charge in [0.05, 0.1) is 0 Å². The SMILES string of the molecule is [CH2]CCCCCCC(CCCCCCCCC)C(CCCCCC[CH2])CCCCCCCCC. The van der Waals surface area contributed by atoms with Crippen molar-refractivity contribution in [3.05, 3.63) is 13.8 Å². The van der Waals surface area contributed by atoms with Crippen LogP contribution in [0, 0.1) is 25.7 Å². The van der Waals surface area contributed by atoms with Crippen LogP contribution in [0.1, 0.15) is 194 Å². The molecule has 2 atom stereocenters. The van der Waals surface area contributed by atoms with Gasteiger partial charge < -0.3 is 0 Å². The molecule has 0 heteroatoms. The van der Waals surface area contributed by atoms with E-state index in [0.29, 0.717) is 0 Å². The summed E-state index contributed by atoms with van der Waals surface area (Å²) in [6.07, 6.45) is 39.9. The highest BCUT2D eigenvalue weighted by Crippen LogP contribution is 2.33. The summed E-state index contributed by atoms with van der Waals surface area (Å²) in [5, 5.41) is 0. The number of hydrogen-bond acceptors (Lipinski definition) is 0. The van der Waals surface area contributed by atoms with E-state index in [1.165, 1.54) is 167 Å². The van der Waals surface area contributed by atoms with E-state index in [4.69, 9.17) is 0 Å². The van der Waals surface area contributed by atoms with Crippen LogP contribution < -0.4 is 0 Å². The van der Waals surface area contributed by atoms with E-state index in [2.05, 4.69) is 27.7 Å². The van der Waals surface area contributed by atoms with E-state index >= 15 is 0 Å². The summed E-state index contributed by atoms with van der Waals surface area (Å²) in [6, 6.07) is 0. The molecule has 0 aliphatic carbocycles. The second kappa shape index (κ2) is 29.2. The molecular weight excluding hydrogens is 408 g/mol. The average Bonchev–Trinajstić information content (AvgIpc) is 2.85. The number of unbranched alkanes of at least 4 members (excludes halogenated alkanes) is 20. The maximum Gasteiger partial charge on any atom is -0.0386 e. The fraction of sp³-hybridized carbons (Fsp3) is 0.941. The van der Waals surface area contributed by atoms with Crippen LogP contribution in [-0.2, 0) is 0 Å². The van der Waals surface area contributed by atoms with Crippen molar-refractivity contribution in [2.75, 3.05) is 0 Å². The minimum atomic E-state index is 1.00. The predicted octanol–water partition coefficient (Wildman–Crippen LogP) is 12.8. The Kier molecular flexibility index (Phi) is 29.2. The molecule has 0 saturated heterocycles. The Morgan fingerprint density at radius 3 is 0.824 bits per heavy atom. The zero-order valence-corrected chi connectivity index (χ0v) is 24.4. The summed E-state index contributed by atoms with van der Waals surface area (Å²) in [4.78, 5) is 0. The molecule has 0 amide bonds. The average molecular weight is 477 g/mol. The first-order chi connectivity index (χ1) is 16.8. The van der Waals surface area contributed by atoms with Crippen LogP contribution >= 0.6 is 0 Å². The molecule has 2 unspecified atom stereocenters. The van der Waals surface area contributed by atoms with Crippen LogP contribution in [0.3, 0.4) is 0 Å². The van der Waals surface area contributed by atoms with Crippen molar-refractivity contribution in [3.8, 4) is 0 Å². The summed E-state index contributed by atoms with van der Waals surface area (Å²) in [6.45, 7) is 12.7. The molecule has 0 aromatic heterocycles. The summed E-state index contributed by atoms with van der Waals surface area (Å²) >= 11 is 0. The summed E-state index contributed by atoms with van der Waals surface area (Å²) in [7, 11) is 0. The van der Waals surface area contributed by atoms with Gasteiger partial charge in [0.15, 0.2) is 0 Å². The zero-order chi connectivity index (χ0) is 25.0. The van der Waals surface area contributed by atoms with Gasteiger partial charge in [0, 0.05) is 0 Å². The summed E-state index contributed by atoms with van der Waals surface area (Å²) < 4.78 is 0. The van der Waals surface area contributed by atoms with Gasteiger partial charge in [-0.05, 0) is 11.8 Å². The van der Waals surface area contributed by atoms with Crippen LogP contribution in [0.2, 0.25) is 0 Å². The predicted molar refractivity (Wildman–Crippen MR) is 158 cm³/mol. The molecule has 0 aliphatic rings. The first-order valence-electron chi connectivity index (χ1n) is 16.4. The van der Waals surface area contributed by atoms with E-state index in [-0.39, 0.29) is 0 Å². The third kappa shape index (κ3) is 23.7. The lowest BCUT2D eigenvalue weighted by molar-refractivity contribution is 0.236. The second-order valence-corrected chi connectivity index (χ2v) is 11.5. The largest absolute Gasteiger partial charge is 0.0654 e. The molecule has 34 heavy (non-hydrogen) atoms. The van der Waals surface area contributed by atoms with E-state index in [1.54, 1.807) is 0 Å². The molecule has 0 heterocycles. The third-order valence-electron chi connectivity index (χ3n) is 8.17. The van der Waals surface area contributed by atoms with Gasteiger partial charge in [-0.25, -0.2) is 0 Å². The topological polar surface area (TPSA) is 0 Å². The first kappa shape index (κ1) is 34.0. The molecule has 0 nitrogen and oxygen atoms in total. The Bertz CT molecular complexity index is 312. The summed E-state index contributed by atoms with van der Waals surface area (Å²) in [5.74, 6) is 2.01. The molecule has 204 valence electrons. The minimum Gasteiger partial charge on any atom is -0.0654 e. The Balaban J connectivity index is 4.62. The summed E-state index contributed by atoms with van der Waals surface area (Å²) in [5.41, 5.74) is 0. The molecule has 0 aromatic rings. The molecule has 0 saturated carbocycles. The lowest BCUT2D eigenvalue weighted by Gasteiger charge is -2.28. The Hall–Kier alpha value is 0. The first-order valence-corrected chi connectivity index (χ1v) is 16.4. The van der Waals surface area contributed by atoms with Gasteiger partial charge in [0.2, 0.25) is 0 Å². The van der Waals surface area contributed by atoms with E-state index in [0.717, 1.165) is 24.7 Å². The van der Waals surface area contributed by atoms with Crippen molar-refractivity contribution in [3.63, 3.8) is 0 Å². The van der Waals surface area contributed by atoms with Crippen molar-refractivity contribution < 1.29 is 0 Å². The standard InChI is InChI=1S/C34H68/c1-5-9-13-17-19-23-27-31-33(29-25-21-15-11-7-3)34(30-26-22-16-12-8-4)32-28-24-20-18-14-10-6-2/h33-34H,3-32H2,1-2H3. The fourth-order valence-corrected chi connectivity index (χ4v) is 5.83. The second-order valence-electron chi connectivity index (χ2n) is 11.5. The molecule has 0 spiro atoms. The maximum absolute atomic E-state index is 4.04. The van der Waals surface area contributed by atoms with Crippen LogP contribution in [0.15, 0.2) is 0 Å². The molecule has 0 N–H and O–H groups in total. The minimum absolute atomic E-state index is 1.00. The third-order valence-corrected chi connectivity index (χ3v) is 8.17. The molecule has 0 aromatic carbocycles. The van der Waals surface area contributed by atoms with Gasteiger partial charge in [0.1, 0.15) is 0 Å². The Morgan fingerprint density at radius 2 is 0.559 bits per heavy atom. The van der Waals surface area contributed by atoms with Gasteiger partial charge in [-0.3, -0.25) is 0 Å². The Morgan fingerprint density at radius 1 is 0.324 bits per heavy atom.